The van der Waals surface area contributed by atoms with Crippen molar-refractivity contribution in [2.45, 2.75) is 52.6 Å². The van der Waals surface area contributed by atoms with E-state index in [2.05, 4.69) is 25.5 Å². The molecule has 3 aliphatic rings. The van der Waals surface area contributed by atoms with Crippen LogP contribution in [0, 0.1) is 12.3 Å². The van der Waals surface area contributed by atoms with Gasteiger partial charge in [-0.15, -0.1) is 11.3 Å². The molecule has 11 nitrogen and oxygen atoms in total. The lowest BCUT2D eigenvalue weighted by atomic mass is 9.73. The van der Waals surface area contributed by atoms with Gasteiger partial charge >= 0.3 is 6.09 Å². The van der Waals surface area contributed by atoms with E-state index in [0.717, 1.165) is 55.1 Å². The van der Waals surface area contributed by atoms with Crippen LogP contribution < -0.4 is 20.4 Å². The largest absolute Gasteiger partial charge is 0.444 e. The minimum absolute atomic E-state index is 0.167. The van der Waals surface area contributed by atoms with Crippen LogP contribution in [0.15, 0.2) is 60.9 Å². The van der Waals surface area contributed by atoms with Gasteiger partial charge in [0.15, 0.2) is 0 Å². The Morgan fingerprint density at radius 3 is 2.49 bits per heavy atom. The molecule has 4 aromatic rings. The van der Waals surface area contributed by atoms with Crippen molar-refractivity contribution in [3.63, 3.8) is 0 Å². The third-order valence-electron chi connectivity index (χ3n) is 9.12. The number of hydrogen-bond donors (Lipinski definition) is 2. The molecular formula is C37H40N6O5S. The average molecular weight is 681 g/mol. The van der Waals surface area contributed by atoms with E-state index >= 15 is 0 Å². The average Bonchev–Trinajstić information content (AvgIpc) is 3.38. The van der Waals surface area contributed by atoms with Crippen molar-refractivity contribution in [2.75, 3.05) is 53.3 Å². The number of aromatic nitrogens is 2. The van der Waals surface area contributed by atoms with Crippen molar-refractivity contribution in [1.29, 1.82) is 0 Å². The van der Waals surface area contributed by atoms with Gasteiger partial charge in [-0.05, 0) is 107 Å². The number of amides is 3. The number of ether oxygens (including phenoxy) is 2. The normalized spacial score (nSPS) is 16.6. The molecule has 0 bridgehead atoms. The minimum Gasteiger partial charge on any atom is -0.444 e. The maximum absolute atomic E-state index is 13.9. The molecule has 7 rings (SSSR count). The molecule has 0 aliphatic carbocycles. The van der Waals surface area contributed by atoms with Gasteiger partial charge in [0.05, 0.1) is 21.1 Å². The van der Waals surface area contributed by atoms with Gasteiger partial charge in [-0.2, -0.15) is 0 Å². The van der Waals surface area contributed by atoms with Crippen LogP contribution in [0.2, 0.25) is 0 Å². The summed E-state index contributed by atoms with van der Waals surface area (Å²) in [5, 5.41) is 6.51. The topological polar surface area (TPSA) is 126 Å². The molecule has 1 aromatic carbocycles. The zero-order valence-corrected chi connectivity index (χ0v) is 29.0. The lowest BCUT2D eigenvalue weighted by Crippen LogP contribution is -2.59. The van der Waals surface area contributed by atoms with E-state index in [0.29, 0.717) is 52.0 Å². The van der Waals surface area contributed by atoms with Crippen molar-refractivity contribution in [3.05, 3.63) is 83.2 Å². The molecule has 0 saturated carbocycles. The summed E-state index contributed by atoms with van der Waals surface area (Å²) in [5.74, 6) is 0.290. The van der Waals surface area contributed by atoms with Crippen LogP contribution in [-0.2, 0) is 15.9 Å². The van der Waals surface area contributed by atoms with Crippen LogP contribution >= 0.6 is 11.3 Å². The highest BCUT2D eigenvalue weighted by Crippen LogP contribution is 2.44. The van der Waals surface area contributed by atoms with Gasteiger partial charge in [-0.25, -0.2) is 9.78 Å². The van der Waals surface area contributed by atoms with Gasteiger partial charge in [0.1, 0.15) is 17.1 Å². The van der Waals surface area contributed by atoms with Crippen LogP contribution in [0.25, 0.3) is 10.6 Å². The standard InChI is InChI=1S/C37H40N6O5S/c1-23-18-27(32(39-20-23)42-21-37(22-42)12-16-47-17-13-37)33(44)40-26-9-7-24(8-10-26)34(45)43-15-11-25-19-29(41-35(46)48-36(2,3)4)49-31(25)30-28(43)6-5-14-38-30/h5-10,14,18-20H,11-13,15-17,21-22H2,1-4H3,(H,40,44)(H,41,46). The SMILES string of the molecule is Cc1cnc(N2CC3(CCOCC3)C2)c(C(=O)Nc2ccc(C(=O)N3CCc4cc(NC(=O)OC(C)(C)C)sc4-c4ncccc43)cc2)c1. The first kappa shape index (κ1) is 32.7. The van der Waals surface area contributed by atoms with Crippen LogP contribution in [0.1, 0.15) is 65.5 Å². The summed E-state index contributed by atoms with van der Waals surface area (Å²) in [6.45, 7) is 11.1. The van der Waals surface area contributed by atoms with Gasteiger partial charge < -0.3 is 24.6 Å². The Balaban J connectivity index is 1.05. The molecule has 0 unspecified atom stereocenters. The van der Waals surface area contributed by atoms with E-state index in [4.69, 9.17) is 9.47 Å². The Kier molecular flexibility index (Phi) is 8.62. The first-order chi connectivity index (χ1) is 23.5. The number of aryl methyl sites for hydroxylation is 1. The zero-order valence-electron chi connectivity index (χ0n) is 28.2. The minimum atomic E-state index is -0.609. The Hall–Kier alpha value is -4.81. The molecule has 2 N–H and O–H groups in total. The summed E-state index contributed by atoms with van der Waals surface area (Å²) in [6.07, 6.45) is 5.63. The lowest BCUT2D eigenvalue weighted by Gasteiger charge is -2.53. The monoisotopic (exact) mass is 680 g/mol. The van der Waals surface area contributed by atoms with Crippen molar-refractivity contribution in [1.82, 2.24) is 9.97 Å². The highest BCUT2D eigenvalue weighted by molar-refractivity contribution is 7.19. The quantitative estimate of drug-likeness (QED) is 0.232. The molecular weight excluding hydrogens is 641 g/mol. The number of nitrogens with zero attached hydrogens (tertiary/aromatic N) is 4. The maximum Gasteiger partial charge on any atom is 0.412 e. The lowest BCUT2D eigenvalue weighted by molar-refractivity contribution is -0.000512. The number of rotatable bonds is 5. The molecule has 6 heterocycles. The Labute approximate surface area is 289 Å². The molecule has 0 atom stereocenters. The van der Waals surface area contributed by atoms with Gasteiger partial charge in [-0.1, -0.05) is 0 Å². The second-order valence-electron chi connectivity index (χ2n) is 14.1. The highest BCUT2D eigenvalue weighted by atomic mass is 32.1. The molecule has 12 heteroatoms. The van der Waals surface area contributed by atoms with Gasteiger partial charge in [0, 0.05) is 61.9 Å². The van der Waals surface area contributed by atoms with Crippen molar-refractivity contribution in [3.8, 4) is 10.6 Å². The Morgan fingerprint density at radius 2 is 1.76 bits per heavy atom. The summed E-state index contributed by atoms with van der Waals surface area (Å²) < 4.78 is 11.0. The number of anilines is 4. The van der Waals surface area contributed by atoms with Crippen LogP contribution in [0.5, 0.6) is 0 Å². The second kappa shape index (κ2) is 12.9. The first-order valence-electron chi connectivity index (χ1n) is 16.6. The molecule has 1 spiro atoms. The third kappa shape index (κ3) is 6.88. The Morgan fingerprint density at radius 1 is 1.00 bits per heavy atom. The predicted octanol–water partition coefficient (Wildman–Crippen LogP) is 6.93. The Bertz CT molecular complexity index is 1900. The van der Waals surface area contributed by atoms with Crippen LogP contribution in [0.3, 0.4) is 0 Å². The number of thiophene rings is 1. The fourth-order valence-corrected chi connectivity index (χ4v) is 7.80. The summed E-state index contributed by atoms with van der Waals surface area (Å²) in [7, 11) is 0. The van der Waals surface area contributed by atoms with Crippen molar-refractivity contribution >= 4 is 51.4 Å². The highest BCUT2D eigenvalue weighted by Gasteiger charge is 2.45. The number of carbonyl (C=O) groups excluding carboxylic acids is 3. The molecule has 49 heavy (non-hydrogen) atoms. The first-order valence-corrected chi connectivity index (χ1v) is 17.4. The van der Waals surface area contributed by atoms with E-state index in [9.17, 15) is 14.4 Å². The van der Waals surface area contributed by atoms with Gasteiger partial charge in [0.25, 0.3) is 11.8 Å². The maximum atomic E-state index is 13.9. The van der Waals surface area contributed by atoms with E-state index < -0.39 is 11.7 Å². The number of nitrogens with one attached hydrogen (secondary N) is 2. The second-order valence-corrected chi connectivity index (χ2v) is 15.1. The van der Waals surface area contributed by atoms with Gasteiger partial charge in [0.2, 0.25) is 0 Å². The molecule has 254 valence electrons. The van der Waals surface area contributed by atoms with Crippen LogP contribution in [0.4, 0.5) is 27.0 Å². The fourth-order valence-electron chi connectivity index (χ4n) is 6.70. The molecule has 3 aromatic heterocycles. The molecule has 3 amide bonds. The number of hydrogen-bond acceptors (Lipinski definition) is 9. The smallest absolute Gasteiger partial charge is 0.412 e. The zero-order chi connectivity index (χ0) is 34.3. The van der Waals surface area contributed by atoms with Crippen molar-refractivity contribution in [2.24, 2.45) is 5.41 Å². The van der Waals surface area contributed by atoms with E-state index in [1.54, 1.807) is 41.6 Å². The summed E-state index contributed by atoms with van der Waals surface area (Å²) >= 11 is 1.41. The molecule has 3 aliphatic heterocycles. The summed E-state index contributed by atoms with van der Waals surface area (Å²) in [6, 6.07) is 14.5. The molecule has 2 saturated heterocycles. The summed E-state index contributed by atoms with van der Waals surface area (Å²) in [4.78, 5) is 54.0. The number of fused-ring (bicyclic) bond motifs is 3. The fraction of sp³-hybridized carbons (Fsp3) is 0.378. The molecule has 0 radical (unpaired) electrons. The number of pyridine rings is 2. The van der Waals surface area contributed by atoms with Gasteiger partial charge in [-0.3, -0.25) is 19.9 Å². The molecule has 2 fully saturated rings. The number of carbonyl (C=O) groups is 3. The predicted molar refractivity (Wildman–Crippen MR) is 191 cm³/mol. The number of benzene rings is 1. The van der Waals surface area contributed by atoms with E-state index in [-0.39, 0.29) is 17.2 Å². The van der Waals surface area contributed by atoms with E-state index in [1.807, 2.05) is 52.0 Å². The third-order valence-corrected chi connectivity index (χ3v) is 10.2. The van der Waals surface area contributed by atoms with Crippen molar-refractivity contribution < 1.29 is 23.9 Å². The van der Waals surface area contributed by atoms with Crippen LogP contribution in [-0.4, -0.2) is 66.3 Å². The van der Waals surface area contributed by atoms with E-state index in [1.165, 1.54) is 11.3 Å². The summed E-state index contributed by atoms with van der Waals surface area (Å²) in [5.41, 5.74) is 4.54.